The van der Waals surface area contributed by atoms with Crippen molar-refractivity contribution in [3.63, 3.8) is 0 Å². The Hall–Kier alpha value is -2.20. The van der Waals surface area contributed by atoms with E-state index in [0.29, 0.717) is 13.0 Å². The van der Waals surface area contributed by atoms with Gasteiger partial charge in [0.15, 0.2) is 0 Å². The molecule has 1 saturated carbocycles. The molecule has 7 heteroatoms. The molecule has 1 aromatic heterocycles. The third-order valence-corrected chi connectivity index (χ3v) is 3.46. The summed E-state index contributed by atoms with van der Waals surface area (Å²) < 4.78 is 0. The summed E-state index contributed by atoms with van der Waals surface area (Å²) in [5.74, 6) is 0.119. The highest BCUT2D eigenvalue weighted by molar-refractivity contribution is 5.64. The summed E-state index contributed by atoms with van der Waals surface area (Å²) in [6, 6.07) is 3.12. The monoisotopic (exact) mass is 262 g/mol. The summed E-state index contributed by atoms with van der Waals surface area (Å²) in [6.45, 7) is 0.631. The minimum absolute atomic E-state index is 0.00509. The maximum absolute atomic E-state index is 11.0. The summed E-state index contributed by atoms with van der Waals surface area (Å²) in [7, 11) is 0. The molecule has 100 valence electrons. The molecule has 0 saturated heterocycles. The average molecular weight is 262 g/mol. The normalized spacial score (nSPS) is 15.6. The van der Waals surface area contributed by atoms with Gasteiger partial charge in [-0.15, -0.1) is 0 Å². The van der Waals surface area contributed by atoms with Crippen LogP contribution in [0.2, 0.25) is 0 Å². The number of hydrogen-bond acceptors (Lipinski definition) is 6. The van der Waals surface area contributed by atoms with Crippen LogP contribution in [0.4, 0.5) is 11.5 Å². The van der Waals surface area contributed by atoms with Gasteiger partial charge in [-0.2, -0.15) is 5.26 Å². The Kier molecular flexibility index (Phi) is 3.62. The van der Waals surface area contributed by atoms with Crippen LogP contribution in [-0.2, 0) is 0 Å². The van der Waals surface area contributed by atoms with Crippen LogP contribution >= 0.6 is 0 Å². The van der Waals surface area contributed by atoms with Crippen LogP contribution in [0.5, 0.6) is 0 Å². The quantitative estimate of drug-likeness (QED) is 0.592. The van der Waals surface area contributed by atoms with E-state index in [1.165, 1.54) is 12.3 Å². The number of nitriles is 1. The molecular formula is C12H14N4O3. The first-order valence-corrected chi connectivity index (χ1v) is 6.00. The molecule has 19 heavy (non-hydrogen) atoms. The molecule has 1 aliphatic carbocycles. The highest BCUT2D eigenvalue weighted by Crippen LogP contribution is 2.48. The molecule has 2 N–H and O–H groups in total. The van der Waals surface area contributed by atoms with Gasteiger partial charge in [0.05, 0.1) is 4.92 Å². The van der Waals surface area contributed by atoms with E-state index < -0.39 is 4.92 Å². The Balaban J connectivity index is 2.17. The largest absolute Gasteiger partial charge is 0.396 e. The molecular weight excluding hydrogens is 248 g/mol. The fraction of sp³-hybridized carbons (Fsp3) is 0.500. The summed E-state index contributed by atoms with van der Waals surface area (Å²) >= 11 is 0. The van der Waals surface area contributed by atoms with Gasteiger partial charge in [-0.3, -0.25) is 10.1 Å². The predicted molar refractivity (Wildman–Crippen MR) is 67.5 cm³/mol. The minimum Gasteiger partial charge on any atom is -0.396 e. The van der Waals surface area contributed by atoms with Crippen LogP contribution in [0.1, 0.15) is 24.8 Å². The van der Waals surface area contributed by atoms with Crippen LogP contribution < -0.4 is 5.32 Å². The van der Waals surface area contributed by atoms with Gasteiger partial charge in [0.25, 0.3) is 0 Å². The van der Waals surface area contributed by atoms with E-state index >= 15 is 0 Å². The van der Waals surface area contributed by atoms with Crippen molar-refractivity contribution in [3.8, 4) is 6.07 Å². The lowest BCUT2D eigenvalue weighted by molar-refractivity contribution is -0.384. The van der Waals surface area contributed by atoms with Gasteiger partial charge in [0, 0.05) is 19.3 Å². The first-order chi connectivity index (χ1) is 9.12. The van der Waals surface area contributed by atoms with Crippen molar-refractivity contribution in [1.82, 2.24) is 4.98 Å². The van der Waals surface area contributed by atoms with Crippen LogP contribution in [0, 0.1) is 26.9 Å². The number of hydrogen-bond donors (Lipinski definition) is 2. The number of aliphatic hydroxyl groups is 1. The van der Waals surface area contributed by atoms with Gasteiger partial charge in [0.1, 0.15) is 11.6 Å². The van der Waals surface area contributed by atoms with Gasteiger partial charge in [-0.25, -0.2) is 4.98 Å². The Morgan fingerprint density at radius 2 is 2.37 bits per heavy atom. The van der Waals surface area contributed by atoms with Crippen molar-refractivity contribution >= 4 is 11.5 Å². The molecule has 0 unspecified atom stereocenters. The van der Waals surface area contributed by atoms with E-state index in [9.17, 15) is 10.1 Å². The van der Waals surface area contributed by atoms with Gasteiger partial charge >= 0.3 is 5.69 Å². The van der Waals surface area contributed by atoms with Crippen LogP contribution in [0.3, 0.4) is 0 Å². The maximum Gasteiger partial charge on any atom is 0.328 e. The second-order valence-corrected chi connectivity index (χ2v) is 4.75. The van der Waals surface area contributed by atoms with E-state index in [1.54, 1.807) is 6.07 Å². The average Bonchev–Trinajstić information content (AvgIpc) is 3.16. The Morgan fingerprint density at radius 3 is 2.89 bits per heavy atom. The summed E-state index contributed by atoms with van der Waals surface area (Å²) in [5, 5.41) is 31.8. The molecule has 0 spiro atoms. The number of rotatable bonds is 6. The van der Waals surface area contributed by atoms with E-state index in [1.807, 2.05) is 0 Å². The number of anilines is 1. The van der Waals surface area contributed by atoms with Crippen LogP contribution in [-0.4, -0.2) is 28.2 Å². The van der Waals surface area contributed by atoms with Crippen molar-refractivity contribution < 1.29 is 10.0 Å². The first kappa shape index (κ1) is 13.2. The molecule has 1 aliphatic rings. The second kappa shape index (κ2) is 5.20. The molecule has 0 radical (unpaired) electrons. The van der Waals surface area contributed by atoms with E-state index in [-0.39, 0.29) is 29.1 Å². The zero-order chi connectivity index (χ0) is 13.9. The zero-order valence-corrected chi connectivity index (χ0v) is 10.3. The van der Waals surface area contributed by atoms with Gasteiger partial charge in [-0.05, 0) is 30.7 Å². The zero-order valence-electron chi connectivity index (χ0n) is 10.3. The van der Waals surface area contributed by atoms with Crippen molar-refractivity contribution in [1.29, 1.82) is 5.26 Å². The fourth-order valence-corrected chi connectivity index (χ4v) is 2.06. The molecule has 0 amide bonds. The summed E-state index contributed by atoms with van der Waals surface area (Å²) in [4.78, 5) is 14.3. The number of nitrogens with zero attached hydrogens (tertiary/aromatic N) is 3. The molecule has 2 rings (SSSR count). The SMILES string of the molecule is N#Cc1ccnc(NCC2(CCO)CC2)c1[N+](=O)[O-]. The maximum atomic E-state index is 11.0. The number of pyridine rings is 1. The molecule has 7 nitrogen and oxygen atoms in total. The summed E-state index contributed by atoms with van der Waals surface area (Å²) in [5.41, 5.74) is -0.272. The van der Waals surface area contributed by atoms with Crippen molar-refractivity contribution in [2.24, 2.45) is 5.41 Å². The molecule has 1 fully saturated rings. The van der Waals surface area contributed by atoms with Gasteiger partial charge < -0.3 is 10.4 Å². The Labute approximate surface area is 110 Å². The number of aliphatic hydroxyl groups excluding tert-OH is 1. The van der Waals surface area contributed by atoms with Crippen LogP contribution in [0.25, 0.3) is 0 Å². The van der Waals surface area contributed by atoms with E-state index in [4.69, 9.17) is 10.4 Å². The molecule has 1 heterocycles. The minimum atomic E-state index is -0.598. The number of aromatic nitrogens is 1. The lowest BCUT2D eigenvalue weighted by Crippen LogP contribution is -2.18. The van der Waals surface area contributed by atoms with Crippen molar-refractivity contribution in [2.45, 2.75) is 19.3 Å². The molecule has 0 aliphatic heterocycles. The summed E-state index contributed by atoms with van der Waals surface area (Å²) in [6.07, 6.45) is 4.03. The van der Waals surface area contributed by atoms with Gasteiger partial charge in [-0.1, -0.05) is 0 Å². The standard InChI is InChI=1S/C12H14N4O3/c13-7-9-1-5-14-11(10(9)16(18)19)15-8-12(2-3-12)4-6-17/h1,5,17H,2-4,6,8H2,(H,14,15). The highest BCUT2D eigenvalue weighted by atomic mass is 16.6. The predicted octanol–water partition coefficient (Wildman–Crippen LogP) is 1.44. The smallest absolute Gasteiger partial charge is 0.328 e. The topological polar surface area (TPSA) is 112 Å². The molecule has 1 aromatic rings. The van der Waals surface area contributed by atoms with E-state index in [0.717, 1.165) is 12.8 Å². The van der Waals surface area contributed by atoms with Gasteiger partial charge in [0.2, 0.25) is 5.82 Å². The molecule has 0 aromatic carbocycles. The first-order valence-electron chi connectivity index (χ1n) is 6.00. The Bertz CT molecular complexity index is 534. The number of nitro groups is 1. The fourth-order valence-electron chi connectivity index (χ4n) is 2.06. The second-order valence-electron chi connectivity index (χ2n) is 4.75. The molecule has 0 bridgehead atoms. The Morgan fingerprint density at radius 1 is 1.63 bits per heavy atom. The highest BCUT2D eigenvalue weighted by Gasteiger charge is 2.42. The van der Waals surface area contributed by atoms with Crippen LogP contribution in [0.15, 0.2) is 12.3 Å². The van der Waals surface area contributed by atoms with E-state index in [2.05, 4.69) is 10.3 Å². The lowest BCUT2D eigenvalue weighted by Gasteiger charge is -2.14. The van der Waals surface area contributed by atoms with Crippen molar-refractivity contribution in [2.75, 3.05) is 18.5 Å². The number of nitrogens with one attached hydrogen (secondary N) is 1. The molecule has 0 atom stereocenters. The lowest BCUT2D eigenvalue weighted by atomic mass is 10.0. The van der Waals surface area contributed by atoms with Crippen molar-refractivity contribution in [3.05, 3.63) is 27.9 Å². The third kappa shape index (κ3) is 2.80. The third-order valence-electron chi connectivity index (χ3n) is 3.46.